The van der Waals surface area contributed by atoms with Crippen molar-refractivity contribution >= 4 is 22.2 Å². The van der Waals surface area contributed by atoms with Gasteiger partial charge in [0.25, 0.3) is 0 Å². The van der Waals surface area contributed by atoms with Gasteiger partial charge in [-0.25, -0.2) is 4.31 Å². The molecule has 0 radical (unpaired) electrons. The van der Waals surface area contributed by atoms with Crippen LogP contribution in [0, 0.1) is 0 Å². The van der Waals surface area contributed by atoms with Crippen molar-refractivity contribution in [3.05, 3.63) is 60.2 Å². The van der Waals surface area contributed by atoms with Gasteiger partial charge in [-0.15, -0.1) is 10.8 Å². The summed E-state index contributed by atoms with van der Waals surface area (Å²) in [6.45, 7) is -0.0503. The third-order valence-corrected chi connectivity index (χ3v) is 6.06. The SMILES string of the molecule is OCCC1Cc2ccccc2N(c2ccccc2)S1(O)O. The van der Waals surface area contributed by atoms with Gasteiger partial charge in [0.05, 0.1) is 16.6 Å². The summed E-state index contributed by atoms with van der Waals surface area (Å²) in [5, 5.41) is 8.86. The summed E-state index contributed by atoms with van der Waals surface area (Å²) >= 11 is 0. The lowest BCUT2D eigenvalue weighted by Gasteiger charge is -2.52. The van der Waals surface area contributed by atoms with Crippen molar-refractivity contribution in [1.29, 1.82) is 0 Å². The Hall–Kier alpha value is -1.53. The van der Waals surface area contributed by atoms with Gasteiger partial charge in [-0.2, -0.15) is 0 Å². The lowest BCUT2D eigenvalue weighted by Crippen LogP contribution is -2.38. The molecule has 0 amide bonds. The van der Waals surface area contributed by atoms with Gasteiger partial charge in [-0.1, -0.05) is 36.4 Å². The van der Waals surface area contributed by atoms with Gasteiger partial charge in [-0.05, 0) is 36.6 Å². The summed E-state index contributed by atoms with van der Waals surface area (Å²) in [7, 11) is -3.02. The summed E-state index contributed by atoms with van der Waals surface area (Å²) < 4.78 is 23.2. The molecule has 0 saturated carbocycles. The van der Waals surface area contributed by atoms with E-state index in [1.165, 1.54) is 0 Å². The highest BCUT2D eigenvalue weighted by Gasteiger charge is 2.38. The quantitative estimate of drug-likeness (QED) is 0.807. The first kappa shape index (κ1) is 14.4. The molecule has 1 aliphatic rings. The van der Waals surface area contributed by atoms with E-state index < -0.39 is 10.8 Å². The van der Waals surface area contributed by atoms with Crippen LogP contribution >= 0.6 is 10.8 Å². The first-order chi connectivity index (χ1) is 10.1. The van der Waals surface area contributed by atoms with Gasteiger partial charge in [-0.3, -0.25) is 9.11 Å². The molecule has 21 heavy (non-hydrogen) atoms. The van der Waals surface area contributed by atoms with Crippen molar-refractivity contribution < 1.29 is 14.2 Å². The number of para-hydroxylation sites is 2. The van der Waals surface area contributed by atoms with Crippen molar-refractivity contribution in [2.24, 2.45) is 0 Å². The van der Waals surface area contributed by atoms with Crippen LogP contribution in [-0.2, 0) is 6.42 Å². The number of benzene rings is 2. The fourth-order valence-corrected chi connectivity index (χ4v) is 4.82. The van der Waals surface area contributed by atoms with Crippen molar-refractivity contribution in [3.8, 4) is 0 Å². The lowest BCUT2D eigenvalue weighted by molar-refractivity contribution is 0.281. The monoisotopic (exact) mass is 305 g/mol. The number of aliphatic hydroxyl groups excluding tert-OH is 1. The molecule has 112 valence electrons. The van der Waals surface area contributed by atoms with E-state index in [0.29, 0.717) is 12.8 Å². The standard InChI is InChI=1S/C16H19NO3S/c18-11-10-15-12-13-6-4-5-9-16(13)17(21(15,19)20)14-7-2-1-3-8-14/h1-9,15,18-20H,10-12H2. The summed E-state index contributed by atoms with van der Waals surface area (Å²) in [6, 6.07) is 17.2. The second kappa shape index (κ2) is 5.69. The van der Waals surface area contributed by atoms with Gasteiger partial charge in [0.15, 0.2) is 0 Å². The van der Waals surface area contributed by atoms with E-state index in [4.69, 9.17) is 0 Å². The zero-order chi connectivity index (χ0) is 14.9. The van der Waals surface area contributed by atoms with E-state index in [0.717, 1.165) is 16.9 Å². The molecule has 0 bridgehead atoms. The molecule has 4 nitrogen and oxygen atoms in total. The second-order valence-corrected chi connectivity index (χ2v) is 7.31. The Bertz CT molecular complexity index is 618. The molecule has 5 heteroatoms. The third kappa shape index (κ3) is 2.53. The van der Waals surface area contributed by atoms with Crippen molar-refractivity contribution in [3.63, 3.8) is 0 Å². The van der Waals surface area contributed by atoms with Crippen LogP contribution in [0.1, 0.15) is 12.0 Å². The molecular formula is C16H19NO3S. The maximum atomic E-state index is 10.8. The zero-order valence-electron chi connectivity index (χ0n) is 11.6. The van der Waals surface area contributed by atoms with E-state index in [1.807, 2.05) is 54.6 Å². The van der Waals surface area contributed by atoms with Crippen molar-refractivity contribution in [2.75, 3.05) is 10.9 Å². The number of hydrogen-bond acceptors (Lipinski definition) is 4. The number of rotatable bonds is 3. The molecule has 1 unspecified atom stereocenters. The molecule has 1 aliphatic heterocycles. The fourth-order valence-electron chi connectivity index (χ4n) is 2.79. The van der Waals surface area contributed by atoms with Crippen molar-refractivity contribution in [2.45, 2.75) is 18.1 Å². The van der Waals surface area contributed by atoms with Gasteiger partial charge in [0, 0.05) is 6.61 Å². The van der Waals surface area contributed by atoms with E-state index in [9.17, 15) is 14.2 Å². The first-order valence-corrected chi connectivity index (χ1v) is 8.52. The van der Waals surface area contributed by atoms with Crippen LogP contribution in [0.2, 0.25) is 0 Å². The van der Waals surface area contributed by atoms with Crippen LogP contribution in [0.15, 0.2) is 54.6 Å². The summed E-state index contributed by atoms with van der Waals surface area (Å²) in [6.07, 6.45) is 0.947. The average molecular weight is 305 g/mol. The van der Waals surface area contributed by atoms with Gasteiger partial charge in [0.1, 0.15) is 0 Å². The maximum Gasteiger partial charge on any atom is 0.0755 e. The largest absolute Gasteiger partial charge is 0.396 e. The van der Waals surface area contributed by atoms with Crippen molar-refractivity contribution in [1.82, 2.24) is 0 Å². The van der Waals surface area contributed by atoms with Crippen LogP contribution in [0.25, 0.3) is 0 Å². The van der Waals surface area contributed by atoms with Gasteiger partial charge >= 0.3 is 0 Å². The molecule has 0 aliphatic carbocycles. The predicted molar refractivity (Wildman–Crippen MR) is 87.1 cm³/mol. The Kier molecular flexibility index (Phi) is 3.91. The molecule has 0 saturated heterocycles. The summed E-state index contributed by atoms with van der Waals surface area (Å²) in [4.78, 5) is 0. The van der Waals surface area contributed by atoms with E-state index in [1.54, 1.807) is 4.31 Å². The van der Waals surface area contributed by atoms with Gasteiger partial charge < -0.3 is 5.11 Å². The van der Waals surface area contributed by atoms with E-state index >= 15 is 0 Å². The Morgan fingerprint density at radius 3 is 2.38 bits per heavy atom. The van der Waals surface area contributed by atoms with Gasteiger partial charge in [0.2, 0.25) is 0 Å². The molecule has 0 fully saturated rings. The fraction of sp³-hybridized carbons (Fsp3) is 0.250. The number of fused-ring (bicyclic) bond motifs is 1. The average Bonchev–Trinajstić information content (AvgIpc) is 2.49. The number of aliphatic hydroxyl groups is 1. The third-order valence-electron chi connectivity index (χ3n) is 3.82. The van der Waals surface area contributed by atoms with Crippen LogP contribution in [0.5, 0.6) is 0 Å². The zero-order valence-corrected chi connectivity index (χ0v) is 12.4. The van der Waals surface area contributed by atoms with Crippen LogP contribution in [0.4, 0.5) is 11.4 Å². The van der Waals surface area contributed by atoms with Crippen LogP contribution in [0.3, 0.4) is 0 Å². The molecule has 2 aromatic rings. The number of anilines is 2. The molecular weight excluding hydrogens is 286 g/mol. The number of nitrogens with zero attached hydrogens (tertiary/aromatic N) is 1. The Balaban J connectivity index is 2.13. The maximum absolute atomic E-state index is 10.8. The highest BCUT2D eigenvalue weighted by molar-refractivity contribution is 8.26. The topological polar surface area (TPSA) is 63.9 Å². The highest BCUT2D eigenvalue weighted by Crippen LogP contribution is 2.60. The van der Waals surface area contributed by atoms with E-state index in [2.05, 4.69) is 0 Å². The summed E-state index contributed by atoms with van der Waals surface area (Å²) in [5.74, 6) is 0. The Morgan fingerprint density at radius 1 is 1.00 bits per heavy atom. The summed E-state index contributed by atoms with van der Waals surface area (Å²) in [5.41, 5.74) is 2.66. The Labute approximate surface area is 126 Å². The van der Waals surface area contributed by atoms with Crippen LogP contribution in [-0.4, -0.2) is 26.1 Å². The molecule has 1 atom stereocenters. The molecule has 3 rings (SSSR count). The highest BCUT2D eigenvalue weighted by atomic mass is 32.3. The predicted octanol–water partition coefficient (Wildman–Crippen LogP) is 3.80. The molecule has 2 aromatic carbocycles. The molecule has 3 N–H and O–H groups in total. The molecule has 0 spiro atoms. The normalized spacial score (nSPS) is 21.7. The second-order valence-electron chi connectivity index (χ2n) is 5.16. The minimum Gasteiger partial charge on any atom is -0.396 e. The minimum absolute atomic E-state index is 0.0503. The minimum atomic E-state index is -3.02. The smallest absolute Gasteiger partial charge is 0.0755 e. The lowest BCUT2D eigenvalue weighted by atomic mass is 10.0. The number of hydrogen-bond donors (Lipinski definition) is 3. The molecule has 0 aromatic heterocycles. The van der Waals surface area contributed by atoms with E-state index in [-0.39, 0.29) is 11.9 Å². The Morgan fingerprint density at radius 2 is 1.67 bits per heavy atom. The van der Waals surface area contributed by atoms with Crippen LogP contribution < -0.4 is 4.31 Å². The first-order valence-electron chi connectivity index (χ1n) is 6.95. The molecule has 1 heterocycles.